The number of benzene rings is 5. The molecule has 274 valence electrons. The van der Waals surface area contributed by atoms with Gasteiger partial charge in [-0.2, -0.15) is 4.99 Å². The van der Waals surface area contributed by atoms with E-state index in [0.29, 0.717) is 36.7 Å². The van der Waals surface area contributed by atoms with Crippen LogP contribution in [0.25, 0.3) is 22.5 Å². The second-order valence-electron chi connectivity index (χ2n) is 14.8. The highest BCUT2D eigenvalue weighted by molar-refractivity contribution is 6.13. The molecule has 1 aromatic heterocycles. The van der Waals surface area contributed by atoms with Crippen LogP contribution < -0.4 is 5.32 Å². The Hall–Kier alpha value is -6.48. The van der Waals surface area contributed by atoms with E-state index in [4.69, 9.17) is 10.3 Å². The normalized spacial score (nSPS) is 15.4. The lowest BCUT2D eigenvalue weighted by atomic mass is 9.76. The molecule has 5 aromatic carbocycles. The Kier molecular flexibility index (Phi) is 9.53. The number of carbonyl (C=O) groups is 2. The average molecular weight is 726 g/mol. The van der Waals surface area contributed by atoms with E-state index < -0.39 is 11.0 Å². The van der Waals surface area contributed by atoms with Gasteiger partial charge in [-0.25, -0.2) is 4.68 Å². The number of tetrazole rings is 1. The van der Waals surface area contributed by atoms with E-state index >= 15 is 0 Å². The third-order valence-electron chi connectivity index (χ3n) is 10.7. The van der Waals surface area contributed by atoms with Gasteiger partial charge in [0.2, 0.25) is 5.96 Å². The van der Waals surface area contributed by atoms with Gasteiger partial charge in [0.05, 0.1) is 5.41 Å². The SMILES string of the molecule is CCCCC1=C(Cc2ccc(-c3ccccc3)c(-c3nnnn3C(c3ccccc3)(c3ccccc3)c3ccccc3)c2)C(=O)NC2=NC(=O)C(C)(C)CN21. The first-order chi connectivity index (χ1) is 26.8. The summed E-state index contributed by atoms with van der Waals surface area (Å²) < 4.78 is 1.95. The number of rotatable bonds is 11. The molecule has 55 heavy (non-hydrogen) atoms. The predicted molar refractivity (Wildman–Crippen MR) is 215 cm³/mol. The number of aromatic nitrogens is 4. The maximum atomic E-state index is 13.9. The molecule has 0 saturated carbocycles. The van der Waals surface area contributed by atoms with E-state index in [1.165, 1.54) is 0 Å². The molecule has 9 heteroatoms. The van der Waals surface area contributed by atoms with Gasteiger partial charge in [0.15, 0.2) is 5.82 Å². The highest BCUT2D eigenvalue weighted by Gasteiger charge is 2.43. The molecule has 8 rings (SSSR count). The van der Waals surface area contributed by atoms with Crippen molar-refractivity contribution in [2.75, 3.05) is 6.54 Å². The maximum Gasteiger partial charge on any atom is 0.256 e. The van der Waals surface area contributed by atoms with E-state index in [-0.39, 0.29) is 11.8 Å². The molecule has 0 aliphatic carbocycles. The quantitative estimate of drug-likeness (QED) is 0.135. The van der Waals surface area contributed by atoms with Crippen molar-refractivity contribution in [2.24, 2.45) is 10.4 Å². The molecule has 6 aromatic rings. The summed E-state index contributed by atoms with van der Waals surface area (Å²) in [5.41, 5.74) is 6.71. The first-order valence-corrected chi connectivity index (χ1v) is 18.9. The number of fused-ring (bicyclic) bond motifs is 1. The van der Waals surface area contributed by atoms with Gasteiger partial charge in [-0.15, -0.1) is 5.10 Å². The molecule has 0 fully saturated rings. The zero-order valence-electron chi connectivity index (χ0n) is 31.3. The fourth-order valence-corrected chi connectivity index (χ4v) is 7.89. The summed E-state index contributed by atoms with van der Waals surface area (Å²) in [6.07, 6.45) is 2.93. The number of carbonyl (C=O) groups excluding carboxylic acids is 2. The summed E-state index contributed by atoms with van der Waals surface area (Å²) in [7, 11) is 0. The van der Waals surface area contributed by atoms with Gasteiger partial charge in [-0.1, -0.05) is 147 Å². The van der Waals surface area contributed by atoms with E-state index in [2.05, 4.69) is 89.2 Å². The largest absolute Gasteiger partial charge is 0.314 e. The van der Waals surface area contributed by atoms with E-state index in [1.54, 1.807) is 0 Å². The third-order valence-corrected chi connectivity index (χ3v) is 10.7. The number of amides is 2. The lowest BCUT2D eigenvalue weighted by molar-refractivity contribution is -0.127. The van der Waals surface area contributed by atoms with Crippen molar-refractivity contribution in [3.8, 4) is 22.5 Å². The van der Waals surface area contributed by atoms with Crippen LogP contribution in [0.2, 0.25) is 0 Å². The lowest BCUT2D eigenvalue weighted by Crippen LogP contribution is -2.56. The van der Waals surface area contributed by atoms with Crippen molar-refractivity contribution in [3.63, 3.8) is 0 Å². The van der Waals surface area contributed by atoms with Crippen molar-refractivity contribution in [1.29, 1.82) is 0 Å². The average Bonchev–Trinajstić information content (AvgIpc) is 3.71. The Balaban J connectivity index is 1.34. The standard InChI is InChI=1S/C46H43N7O2/c1-4-5-26-40-39(42(54)47-44-48-43(55)45(2,3)31-52(40)44)30-32-27-28-37(33-18-10-6-11-19-33)38(29-32)41-49-50-51-53(41)46(34-20-12-7-13-21-34,35-22-14-8-15-23-35)36-24-16-9-17-25-36/h6-25,27-29H,4-5,26,30-31H2,1-3H3,(H,47,48,54,55). The number of aliphatic imine (C=N–C) groups is 1. The molecule has 0 spiro atoms. The fourth-order valence-electron chi connectivity index (χ4n) is 7.89. The first kappa shape index (κ1) is 35.5. The summed E-state index contributed by atoms with van der Waals surface area (Å²) >= 11 is 0. The summed E-state index contributed by atoms with van der Waals surface area (Å²) in [6.45, 7) is 6.40. The highest BCUT2D eigenvalue weighted by Crippen LogP contribution is 2.44. The van der Waals surface area contributed by atoms with Crippen LogP contribution in [-0.4, -0.2) is 49.4 Å². The van der Waals surface area contributed by atoms with Gasteiger partial charge in [-0.3, -0.25) is 14.9 Å². The molecule has 2 amide bonds. The van der Waals surface area contributed by atoms with Gasteiger partial charge in [0, 0.05) is 29.8 Å². The van der Waals surface area contributed by atoms with Gasteiger partial charge >= 0.3 is 0 Å². The number of unbranched alkanes of at least 4 members (excludes halogenated alkanes) is 1. The molecule has 0 unspecified atom stereocenters. The molecule has 0 atom stereocenters. The van der Waals surface area contributed by atoms with Gasteiger partial charge in [0.1, 0.15) is 5.54 Å². The van der Waals surface area contributed by atoms with Crippen molar-refractivity contribution < 1.29 is 9.59 Å². The third kappa shape index (κ3) is 6.45. The van der Waals surface area contributed by atoms with Gasteiger partial charge in [0.25, 0.3) is 11.8 Å². The minimum atomic E-state index is -0.945. The summed E-state index contributed by atoms with van der Waals surface area (Å²) in [5.74, 6) is 0.441. The number of hydrogen-bond donors (Lipinski definition) is 1. The second-order valence-corrected chi connectivity index (χ2v) is 14.8. The van der Waals surface area contributed by atoms with Crippen LogP contribution in [0.3, 0.4) is 0 Å². The molecule has 9 nitrogen and oxygen atoms in total. The van der Waals surface area contributed by atoms with E-state index in [9.17, 15) is 9.59 Å². The topological polar surface area (TPSA) is 105 Å². The van der Waals surface area contributed by atoms with E-state index in [1.807, 2.05) is 96.2 Å². The smallest absolute Gasteiger partial charge is 0.256 e. The number of hydrogen-bond acceptors (Lipinski definition) is 6. The van der Waals surface area contributed by atoms with Crippen LogP contribution in [-0.2, 0) is 21.5 Å². The second kappa shape index (κ2) is 14.7. The van der Waals surface area contributed by atoms with Crippen molar-refractivity contribution >= 4 is 17.8 Å². The fraction of sp³-hybridized carbons (Fsp3) is 0.217. The van der Waals surface area contributed by atoms with E-state index in [0.717, 1.165) is 57.5 Å². The molecular weight excluding hydrogens is 683 g/mol. The van der Waals surface area contributed by atoms with Crippen LogP contribution in [0, 0.1) is 5.41 Å². The van der Waals surface area contributed by atoms with Crippen LogP contribution in [0.4, 0.5) is 0 Å². The molecule has 1 N–H and O–H groups in total. The Morgan fingerprint density at radius 2 is 1.33 bits per heavy atom. The monoisotopic (exact) mass is 725 g/mol. The van der Waals surface area contributed by atoms with Crippen molar-refractivity contribution in [1.82, 2.24) is 30.4 Å². The van der Waals surface area contributed by atoms with Crippen LogP contribution in [0.5, 0.6) is 0 Å². The molecular formula is C46H43N7O2. The van der Waals surface area contributed by atoms with Crippen LogP contribution >= 0.6 is 0 Å². The zero-order valence-corrected chi connectivity index (χ0v) is 31.3. The Morgan fingerprint density at radius 1 is 0.745 bits per heavy atom. The minimum Gasteiger partial charge on any atom is -0.314 e. The van der Waals surface area contributed by atoms with Crippen LogP contribution in [0.15, 0.2) is 156 Å². The number of guanidine groups is 1. The summed E-state index contributed by atoms with van der Waals surface area (Å²) in [4.78, 5) is 33.1. The summed E-state index contributed by atoms with van der Waals surface area (Å²) in [6, 6.07) is 47.6. The lowest BCUT2D eigenvalue weighted by Gasteiger charge is -2.41. The minimum absolute atomic E-state index is 0.228. The number of allylic oxidation sites excluding steroid dienone is 1. The van der Waals surface area contributed by atoms with Gasteiger partial charge < -0.3 is 4.90 Å². The summed E-state index contributed by atoms with van der Waals surface area (Å²) in [5, 5.41) is 17.0. The number of nitrogens with one attached hydrogen (secondary N) is 1. The Bertz CT molecular complexity index is 2310. The molecule has 0 radical (unpaired) electrons. The number of nitrogens with zero attached hydrogens (tertiary/aromatic N) is 6. The molecule has 0 bridgehead atoms. The van der Waals surface area contributed by atoms with Crippen molar-refractivity contribution in [3.05, 3.63) is 173 Å². The Labute approximate surface area is 321 Å². The molecule has 2 aliphatic heterocycles. The maximum absolute atomic E-state index is 13.9. The molecule has 0 saturated heterocycles. The van der Waals surface area contributed by atoms with Crippen molar-refractivity contribution in [2.45, 2.75) is 52.0 Å². The zero-order chi connectivity index (χ0) is 38.0. The van der Waals surface area contributed by atoms with Gasteiger partial charge in [-0.05, 0) is 76.6 Å². The highest BCUT2D eigenvalue weighted by atomic mass is 16.2. The van der Waals surface area contributed by atoms with Crippen LogP contribution in [0.1, 0.15) is 62.3 Å². The molecule has 3 heterocycles. The molecule has 2 aliphatic rings. The predicted octanol–water partition coefficient (Wildman–Crippen LogP) is 8.19. The first-order valence-electron chi connectivity index (χ1n) is 18.9. The Morgan fingerprint density at radius 3 is 1.91 bits per heavy atom.